The molecule has 2 atom stereocenters. The number of primary amides is 1. The van der Waals surface area contributed by atoms with Crippen LogP contribution < -0.4 is 11.1 Å². The molecule has 4 N–H and O–H groups in total. The number of thiol groups is 1. The van der Waals surface area contributed by atoms with E-state index >= 15 is 4.39 Å². The van der Waals surface area contributed by atoms with Crippen molar-refractivity contribution in [2.75, 3.05) is 6.54 Å². The lowest BCUT2D eigenvalue weighted by molar-refractivity contribution is -0.141. The second-order valence-corrected chi connectivity index (χ2v) is 11.9. The number of hydrogen-bond acceptors (Lipinski definition) is 7. The van der Waals surface area contributed by atoms with Gasteiger partial charge >= 0.3 is 6.18 Å². The standard InChI is InChI=1S/C33H37F4N5O.3C2H6.CH3NO.H2OS/c1-6-8-23-13-24-12-22(11-19(4)42(24)41-23)32(43)39-16-27(21-9-10-21)29-14-25(18(3)7-2)20(5)31(40-29)26-15-30(33(35,36)37)38-17-28(26)34;3*1-2;2-1-3;1-2/h11-15,17-18,21,27H,6-10,16H2,1-5H3,(H,39,43);3*1-2H3;1H,(H2,2,3);1-2H. The molecule has 0 saturated heterocycles. The second kappa shape index (κ2) is 25.1. The molecule has 14 heteroatoms. The number of nitrogens with one attached hydrogen (secondary N) is 1. The van der Waals surface area contributed by atoms with Gasteiger partial charge in [0.05, 0.1) is 23.1 Å². The van der Waals surface area contributed by atoms with Gasteiger partial charge in [0.15, 0.2) is 5.82 Å². The Morgan fingerprint density at radius 2 is 1.65 bits per heavy atom. The fourth-order valence-corrected chi connectivity index (χ4v) is 5.75. The molecule has 5 rings (SSSR count). The number of fused-ring (bicyclic) bond motifs is 1. The van der Waals surface area contributed by atoms with Crippen molar-refractivity contribution < 1.29 is 31.7 Å². The third-order valence-electron chi connectivity index (χ3n) is 8.49. The summed E-state index contributed by atoms with van der Waals surface area (Å²) in [4.78, 5) is 30.0. The number of pyridine rings is 3. The van der Waals surface area contributed by atoms with Crippen LogP contribution in [0.4, 0.5) is 17.6 Å². The Bertz CT molecular complexity index is 1730. The molecule has 4 aromatic heterocycles. The van der Waals surface area contributed by atoms with E-state index in [2.05, 4.69) is 41.0 Å². The third-order valence-corrected chi connectivity index (χ3v) is 8.49. The molecule has 2 amide bonds. The van der Waals surface area contributed by atoms with Crippen LogP contribution in [0.2, 0.25) is 0 Å². The fourth-order valence-electron chi connectivity index (χ4n) is 5.75. The minimum Gasteiger partial charge on any atom is -0.372 e. The first kappa shape index (κ1) is 50.0. The number of hydrogen-bond donors (Lipinski definition) is 4. The highest BCUT2D eigenvalue weighted by Gasteiger charge is 2.36. The molecular weight excluding hydrogens is 721 g/mol. The number of amides is 2. The van der Waals surface area contributed by atoms with Crippen molar-refractivity contribution in [3.63, 3.8) is 0 Å². The summed E-state index contributed by atoms with van der Waals surface area (Å²) in [6.45, 7) is 22.1. The van der Waals surface area contributed by atoms with E-state index < -0.39 is 17.7 Å². The maximum Gasteiger partial charge on any atom is 0.433 e. The Balaban J connectivity index is 0.00000233. The number of nitrogens with two attached hydrogens (primary N) is 1. The quantitative estimate of drug-likeness (QED) is 0.0548. The molecule has 1 fully saturated rings. The van der Waals surface area contributed by atoms with Crippen LogP contribution in [0.1, 0.15) is 144 Å². The van der Waals surface area contributed by atoms with Gasteiger partial charge in [-0.15, -0.1) is 0 Å². The molecule has 4 aromatic rings. The molecule has 2 unspecified atom stereocenters. The van der Waals surface area contributed by atoms with E-state index in [1.54, 1.807) is 6.92 Å². The zero-order chi connectivity index (χ0) is 41.8. The molecule has 4 heterocycles. The van der Waals surface area contributed by atoms with Crippen molar-refractivity contribution in [1.82, 2.24) is 24.9 Å². The molecule has 0 aliphatic heterocycles. The molecule has 1 saturated carbocycles. The number of nitrogens with zero attached hydrogens (tertiary/aromatic N) is 4. The molecule has 1 aliphatic carbocycles. The summed E-state index contributed by atoms with van der Waals surface area (Å²) in [6.07, 6.45) is 0.667. The van der Waals surface area contributed by atoms with Crippen molar-refractivity contribution in [2.45, 2.75) is 126 Å². The highest BCUT2D eigenvalue weighted by atomic mass is 32.1. The van der Waals surface area contributed by atoms with E-state index in [1.807, 2.05) is 91.1 Å². The molecule has 1 aliphatic rings. The smallest absolute Gasteiger partial charge is 0.372 e. The molecule has 0 aromatic carbocycles. The van der Waals surface area contributed by atoms with Gasteiger partial charge in [-0.1, -0.05) is 68.7 Å². The Labute approximate surface area is 324 Å². The van der Waals surface area contributed by atoms with Gasteiger partial charge < -0.3 is 15.6 Å². The van der Waals surface area contributed by atoms with Gasteiger partial charge in [-0.25, -0.2) is 13.9 Å². The van der Waals surface area contributed by atoms with Gasteiger partial charge in [0.1, 0.15) is 5.69 Å². The van der Waals surface area contributed by atoms with Crippen LogP contribution in [0.15, 0.2) is 36.5 Å². The van der Waals surface area contributed by atoms with Gasteiger partial charge in [0, 0.05) is 35.0 Å². The first-order chi connectivity index (χ1) is 25.8. The zero-order valence-corrected chi connectivity index (χ0v) is 34.5. The van der Waals surface area contributed by atoms with Gasteiger partial charge in [0.25, 0.3) is 5.91 Å². The van der Waals surface area contributed by atoms with Crippen LogP contribution in [0, 0.1) is 25.6 Å². The van der Waals surface area contributed by atoms with E-state index in [0.717, 1.165) is 60.6 Å². The van der Waals surface area contributed by atoms with E-state index in [1.165, 1.54) is 0 Å². The molecule has 0 bridgehead atoms. The Morgan fingerprint density at radius 1 is 1.06 bits per heavy atom. The summed E-state index contributed by atoms with van der Waals surface area (Å²) in [6, 6.07) is 8.36. The van der Waals surface area contributed by atoms with Crippen LogP contribution in [0.25, 0.3) is 16.8 Å². The summed E-state index contributed by atoms with van der Waals surface area (Å²) >= 11 is 2.53. The first-order valence-electron chi connectivity index (χ1n) is 18.7. The lowest BCUT2D eigenvalue weighted by Gasteiger charge is -2.23. The van der Waals surface area contributed by atoms with E-state index in [4.69, 9.17) is 14.3 Å². The molecule has 9 nitrogen and oxygen atoms in total. The van der Waals surface area contributed by atoms with Gasteiger partial charge in [-0.2, -0.15) is 18.3 Å². The average molecular weight is 781 g/mol. The average Bonchev–Trinajstić information content (AvgIpc) is 3.93. The van der Waals surface area contributed by atoms with Crippen molar-refractivity contribution in [3.05, 3.63) is 81.8 Å². The maximum absolute atomic E-state index is 15.0. The third kappa shape index (κ3) is 13.7. The van der Waals surface area contributed by atoms with Crippen LogP contribution >= 0.6 is 12.9 Å². The summed E-state index contributed by atoms with van der Waals surface area (Å²) < 4.78 is 64.1. The van der Waals surface area contributed by atoms with Crippen molar-refractivity contribution in [2.24, 2.45) is 11.7 Å². The van der Waals surface area contributed by atoms with E-state index in [9.17, 15) is 18.0 Å². The molecule has 302 valence electrons. The monoisotopic (exact) mass is 780 g/mol. The van der Waals surface area contributed by atoms with Crippen molar-refractivity contribution in [1.29, 1.82) is 0 Å². The SMILES string of the molecule is CC.CC.CC.CCCc1cc2cc(C(=O)NCC(c3cc(C(C)CC)c(C)c(-c4cc(C(F)(F)F)ncc4F)n3)C3CC3)cc(C)n2n1.NC=O.OS. The number of halogens is 4. The number of rotatable bonds is 10. The topological polar surface area (TPSA) is 136 Å². The largest absolute Gasteiger partial charge is 0.433 e. The highest BCUT2D eigenvalue weighted by molar-refractivity contribution is 7.74. The lowest BCUT2D eigenvalue weighted by atomic mass is 9.88. The fraction of sp³-hybridized carbons (Fsp3) is 0.525. The summed E-state index contributed by atoms with van der Waals surface area (Å²) in [5.41, 5.74) is 8.36. The first-order valence-corrected chi connectivity index (χ1v) is 19.1. The van der Waals surface area contributed by atoms with Gasteiger partial charge in [-0.05, 0) is 106 Å². The van der Waals surface area contributed by atoms with Crippen LogP contribution in [-0.4, -0.2) is 43.0 Å². The normalized spacial score (nSPS) is 12.7. The van der Waals surface area contributed by atoms with E-state index in [0.29, 0.717) is 29.6 Å². The summed E-state index contributed by atoms with van der Waals surface area (Å²) in [5.74, 6) is -0.922. The predicted molar refractivity (Wildman–Crippen MR) is 214 cm³/mol. The Kier molecular flexibility index (Phi) is 23.2. The number of aryl methyl sites for hydroxylation is 2. The summed E-state index contributed by atoms with van der Waals surface area (Å²) in [5, 5.41) is 7.70. The number of alkyl halides is 3. The Hall–Kier alpha value is -4.04. The van der Waals surface area contributed by atoms with Crippen molar-refractivity contribution in [3.8, 4) is 11.3 Å². The maximum atomic E-state index is 15.0. The number of aromatic nitrogens is 4. The molecule has 0 radical (unpaired) electrons. The predicted octanol–water partition coefficient (Wildman–Crippen LogP) is 10.5. The number of carbonyl (C=O) groups is 2. The molecule has 54 heavy (non-hydrogen) atoms. The highest BCUT2D eigenvalue weighted by Crippen LogP contribution is 2.44. The zero-order valence-electron chi connectivity index (χ0n) is 33.6. The minimum atomic E-state index is -4.72. The van der Waals surface area contributed by atoms with Gasteiger partial charge in [0.2, 0.25) is 6.41 Å². The molecular formula is C40H60F4N6O3S. The molecule has 0 spiro atoms. The number of carbonyl (C=O) groups excluding carboxylic acids is 2. The van der Waals surface area contributed by atoms with Crippen LogP contribution in [0.5, 0.6) is 0 Å². The van der Waals surface area contributed by atoms with Crippen molar-refractivity contribution >= 4 is 30.7 Å². The lowest BCUT2D eigenvalue weighted by Crippen LogP contribution is -2.30. The van der Waals surface area contributed by atoms with Gasteiger partial charge in [-0.3, -0.25) is 14.6 Å². The van der Waals surface area contributed by atoms with Crippen LogP contribution in [0.3, 0.4) is 0 Å². The Morgan fingerprint density at radius 3 is 2.17 bits per heavy atom. The summed E-state index contributed by atoms with van der Waals surface area (Å²) in [7, 11) is 0. The van der Waals surface area contributed by atoms with Crippen LogP contribution in [-0.2, 0) is 17.4 Å². The second-order valence-electron chi connectivity index (χ2n) is 11.9. The van der Waals surface area contributed by atoms with E-state index in [-0.39, 0.29) is 41.3 Å². The minimum absolute atomic E-state index is 0.0740.